The quantitative estimate of drug-likeness (QED) is 0.716. The van der Waals surface area contributed by atoms with Crippen molar-refractivity contribution in [1.29, 1.82) is 0 Å². The van der Waals surface area contributed by atoms with Crippen LogP contribution in [0.1, 0.15) is 20.3 Å². The molecule has 0 aromatic carbocycles. The third kappa shape index (κ3) is 5.24. The summed E-state index contributed by atoms with van der Waals surface area (Å²) in [6.45, 7) is 8.06. The fraction of sp³-hybridized carbons (Fsp3) is 1.00. The van der Waals surface area contributed by atoms with Crippen molar-refractivity contribution in [3.05, 3.63) is 0 Å². The molecular formula is C11H23BrN2O2S. The van der Waals surface area contributed by atoms with Gasteiger partial charge in [-0.2, -0.15) is 0 Å². The first-order valence-electron chi connectivity index (χ1n) is 6.22. The summed E-state index contributed by atoms with van der Waals surface area (Å²) in [6, 6.07) is 0. The molecule has 0 N–H and O–H groups in total. The summed E-state index contributed by atoms with van der Waals surface area (Å²) >= 11 is 3.42. The van der Waals surface area contributed by atoms with Crippen molar-refractivity contribution in [2.45, 2.75) is 20.3 Å². The first-order chi connectivity index (χ1) is 7.95. The van der Waals surface area contributed by atoms with Crippen molar-refractivity contribution in [1.82, 2.24) is 9.21 Å². The van der Waals surface area contributed by atoms with Crippen molar-refractivity contribution in [3.63, 3.8) is 0 Å². The molecule has 0 aliphatic carbocycles. The second-order valence-electron chi connectivity index (χ2n) is 4.96. The van der Waals surface area contributed by atoms with Crippen LogP contribution in [0.15, 0.2) is 0 Å². The van der Waals surface area contributed by atoms with Gasteiger partial charge in [-0.05, 0) is 18.9 Å². The van der Waals surface area contributed by atoms with Gasteiger partial charge in [-0.1, -0.05) is 29.8 Å². The summed E-state index contributed by atoms with van der Waals surface area (Å²) in [5, 5.41) is 0.950. The van der Waals surface area contributed by atoms with Gasteiger partial charge in [0.25, 0.3) is 0 Å². The normalized spacial score (nSPS) is 20.7. The van der Waals surface area contributed by atoms with E-state index >= 15 is 0 Å². The van der Waals surface area contributed by atoms with Crippen molar-refractivity contribution >= 4 is 26.0 Å². The number of hydrogen-bond donors (Lipinski definition) is 0. The van der Waals surface area contributed by atoms with Gasteiger partial charge in [0, 0.05) is 31.5 Å². The lowest BCUT2D eigenvalue weighted by Gasteiger charge is -2.22. The molecule has 0 unspecified atom stereocenters. The monoisotopic (exact) mass is 326 g/mol. The first-order valence-corrected chi connectivity index (χ1v) is 8.95. The zero-order chi connectivity index (χ0) is 12.9. The van der Waals surface area contributed by atoms with Crippen molar-refractivity contribution in [2.24, 2.45) is 5.92 Å². The highest BCUT2D eigenvalue weighted by Crippen LogP contribution is 2.11. The molecule has 1 aliphatic rings. The number of sulfonamides is 1. The minimum Gasteiger partial charge on any atom is -0.301 e. The van der Waals surface area contributed by atoms with Crippen LogP contribution in [0.3, 0.4) is 0 Å². The third-order valence-electron chi connectivity index (χ3n) is 2.89. The average molecular weight is 327 g/mol. The summed E-state index contributed by atoms with van der Waals surface area (Å²) in [4.78, 5) is 2.32. The Morgan fingerprint density at radius 1 is 1.18 bits per heavy atom. The highest BCUT2D eigenvalue weighted by molar-refractivity contribution is 9.09. The molecule has 0 aromatic heterocycles. The van der Waals surface area contributed by atoms with E-state index in [0.717, 1.165) is 31.4 Å². The molecule has 102 valence electrons. The number of rotatable bonds is 5. The number of nitrogens with zero attached hydrogens (tertiary/aromatic N) is 2. The van der Waals surface area contributed by atoms with Crippen molar-refractivity contribution in [3.8, 4) is 0 Å². The van der Waals surface area contributed by atoms with E-state index in [9.17, 15) is 8.42 Å². The maximum absolute atomic E-state index is 12.1. The molecule has 0 saturated carbocycles. The molecule has 0 spiro atoms. The second kappa shape index (κ2) is 7.07. The van der Waals surface area contributed by atoms with E-state index in [1.165, 1.54) is 0 Å². The fourth-order valence-corrected chi connectivity index (χ4v) is 4.42. The zero-order valence-electron chi connectivity index (χ0n) is 10.7. The molecule has 1 aliphatic heterocycles. The molecular weight excluding hydrogens is 304 g/mol. The number of hydrogen-bond acceptors (Lipinski definition) is 3. The molecule has 0 amide bonds. The minimum absolute atomic E-state index is 0.196. The first kappa shape index (κ1) is 15.4. The molecule has 6 heteroatoms. The van der Waals surface area contributed by atoms with Gasteiger partial charge in [-0.25, -0.2) is 12.7 Å². The maximum Gasteiger partial charge on any atom is 0.214 e. The van der Waals surface area contributed by atoms with E-state index in [2.05, 4.69) is 20.8 Å². The van der Waals surface area contributed by atoms with Crippen LogP contribution < -0.4 is 0 Å². The Morgan fingerprint density at radius 2 is 1.88 bits per heavy atom. The van der Waals surface area contributed by atoms with Gasteiger partial charge in [0.2, 0.25) is 10.0 Å². The van der Waals surface area contributed by atoms with E-state index in [1.807, 2.05) is 13.8 Å². The van der Waals surface area contributed by atoms with Crippen LogP contribution in [0.2, 0.25) is 0 Å². The van der Waals surface area contributed by atoms with Crippen LogP contribution in [0.4, 0.5) is 0 Å². The van der Waals surface area contributed by atoms with Crippen molar-refractivity contribution in [2.75, 3.05) is 43.8 Å². The second-order valence-corrected chi connectivity index (χ2v) is 7.76. The minimum atomic E-state index is -3.05. The average Bonchev–Trinajstić information content (AvgIpc) is 2.42. The van der Waals surface area contributed by atoms with Crippen LogP contribution in [0, 0.1) is 5.92 Å². The molecule has 1 heterocycles. The predicted octanol–water partition coefficient (Wildman–Crippen LogP) is 1.37. The number of alkyl halides is 1. The van der Waals surface area contributed by atoms with Crippen LogP contribution in [-0.2, 0) is 10.0 Å². The van der Waals surface area contributed by atoms with Gasteiger partial charge < -0.3 is 4.90 Å². The third-order valence-corrected chi connectivity index (χ3v) is 5.48. The summed E-state index contributed by atoms with van der Waals surface area (Å²) < 4.78 is 25.9. The number of halogens is 1. The molecule has 0 radical (unpaired) electrons. The Balaban J connectivity index is 2.56. The highest BCUT2D eigenvalue weighted by atomic mass is 79.9. The van der Waals surface area contributed by atoms with E-state index in [0.29, 0.717) is 13.1 Å². The Labute approximate surface area is 114 Å². The van der Waals surface area contributed by atoms with Crippen LogP contribution in [0.25, 0.3) is 0 Å². The van der Waals surface area contributed by atoms with Gasteiger partial charge in [0.15, 0.2) is 0 Å². The molecule has 1 fully saturated rings. The largest absolute Gasteiger partial charge is 0.301 e. The standard InChI is InChI=1S/C11H23BrN2O2S/c1-11(2)10-17(15,16)14-6-3-5-13(7-4-12)8-9-14/h11H,3-10H2,1-2H3. The Hall–Kier alpha value is 0.350. The molecule has 17 heavy (non-hydrogen) atoms. The van der Waals surface area contributed by atoms with Gasteiger partial charge in [0.1, 0.15) is 0 Å². The molecule has 0 aromatic rings. The van der Waals surface area contributed by atoms with Gasteiger partial charge in [0.05, 0.1) is 5.75 Å². The van der Waals surface area contributed by atoms with E-state index in [1.54, 1.807) is 4.31 Å². The predicted molar refractivity (Wildman–Crippen MR) is 75.0 cm³/mol. The summed E-state index contributed by atoms with van der Waals surface area (Å²) in [5.74, 6) is 0.465. The molecule has 1 rings (SSSR count). The molecule has 1 saturated heterocycles. The lowest BCUT2D eigenvalue weighted by molar-refractivity contribution is 0.304. The van der Waals surface area contributed by atoms with Gasteiger partial charge >= 0.3 is 0 Å². The van der Waals surface area contributed by atoms with Crippen LogP contribution in [0.5, 0.6) is 0 Å². The van der Waals surface area contributed by atoms with E-state index < -0.39 is 10.0 Å². The summed E-state index contributed by atoms with van der Waals surface area (Å²) in [7, 11) is -3.05. The molecule has 0 atom stereocenters. The Bertz CT molecular complexity index is 319. The molecule has 4 nitrogen and oxygen atoms in total. The summed E-state index contributed by atoms with van der Waals surface area (Å²) in [6.07, 6.45) is 0.935. The summed E-state index contributed by atoms with van der Waals surface area (Å²) in [5.41, 5.74) is 0. The Morgan fingerprint density at radius 3 is 2.47 bits per heavy atom. The lowest BCUT2D eigenvalue weighted by Crippen LogP contribution is -2.37. The SMILES string of the molecule is CC(C)CS(=O)(=O)N1CCCN(CCBr)CC1. The van der Waals surface area contributed by atoms with Crippen molar-refractivity contribution < 1.29 is 8.42 Å². The fourth-order valence-electron chi connectivity index (χ4n) is 2.10. The topological polar surface area (TPSA) is 40.6 Å². The zero-order valence-corrected chi connectivity index (χ0v) is 13.1. The Kier molecular flexibility index (Phi) is 6.40. The van der Waals surface area contributed by atoms with Crippen LogP contribution in [-0.4, -0.2) is 61.4 Å². The van der Waals surface area contributed by atoms with Gasteiger partial charge in [-0.3, -0.25) is 0 Å². The maximum atomic E-state index is 12.1. The molecule has 0 bridgehead atoms. The van der Waals surface area contributed by atoms with E-state index in [-0.39, 0.29) is 11.7 Å². The highest BCUT2D eigenvalue weighted by Gasteiger charge is 2.25. The van der Waals surface area contributed by atoms with Gasteiger partial charge in [-0.15, -0.1) is 0 Å². The van der Waals surface area contributed by atoms with Crippen LogP contribution >= 0.6 is 15.9 Å². The van der Waals surface area contributed by atoms with E-state index in [4.69, 9.17) is 0 Å². The lowest BCUT2D eigenvalue weighted by atomic mass is 10.3. The smallest absolute Gasteiger partial charge is 0.214 e.